The van der Waals surface area contributed by atoms with E-state index in [9.17, 15) is 0 Å². The Hall–Kier alpha value is -0.340. The monoisotopic (exact) mass is 337 g/mol. The molecule has 112 valence electrons. The molecule has 0 spiro atoms. The minimum absolute atomic E-state index is 0.516. The number of halogens is 1. The SMILES string of the molecule is CCNC(c1cccc(Br)c1C)C1CCCCC1CC. The fraction of sp³-hybridized carbons (Fsp3) is 0.667. The number of hydrogen-bond acceptors (Lipinski definition) is 1. The van der Waals surface area contributed by atoms with Crippen LogP contribution in [0.5, 0.6) is 0 Å². The summed E-state index contributed by atoms with van der Waals surface area (Å²) in [6.45, 7) is 7.88. The van der Waals surface area contributed by atoms with E-state index in [2.05, 4.69) is 60.2 Å². The third-order valence-corrected chi connectivity index (χ3v) is 5.85. The molecule has 0 saturated heterocycles. The van der Waals surface area contributed by atoms with Crippen molar-refractivity contribution in [3.05, 3.63) is 33.8 Å². The maximum Gasteiger partial charge on any atom is 0.0354 e. The van der Waals surface area contributed by atoms with E-state index in [0.29, 0.717) is 6.04 Å². The molecule has 0 bridgehead atoms. The van der Waals surface area contributed by atoms with E-state index in [1.54, 1.807) is 0 Å². The molecular formula is C18H28BrN. The van der Waals surface area contributed by atoms with E-state index in [0.717, 1.165) is 18.4 Å². The first-order valence-corrected chi connectivity index (χ1v) is 8.96. The van der Waals surface area contributed by atoms with Crippen molar-refractivity contribution >= 4 is 15.9 Å². The van der Waals surface area contributed by atoms with Gasteiger partial charge in [0, 0.05) is 10.5 Å². The molecule has 0 heterocycles. The van der Waals surface area contributed by atoms with Gasteiger partial charge in [-0.3, -0.25) is 0 Å². The lowest BCUT2D eigenvalue weighted by Crippen LogP contribution is -2.34. The molecule has 2 rings (SSSR count). The summed E-state index contributed by atoms with van der Waals surface area (Å²) < 4.78 is 1.24. The zero-order chi connectivity index (χ0) is 14.5. The molecule has 20 heavy (non-hydrogen) atoms. The highest BCUT2D eigenvalue weighted by atomic mass is 79.9. The van der Waals surface area contributed by atoms with Crippen molar-refractivity contribution in [1.82, 2.24) is 5.32 Å². The molecule has 0 aromatic heterocycles. The Balaban J connectivity index is 2.32. The van der Waals surface area contributed by atoms with Crippen molar-refractivity contribution in [2.45, 2.75) is 58.9 Å². The van der Waals surface area contributed by atoms with Crippen LogP contribution in [0, 0.1) is 18.8 Å². The maximum absolute atomic E-state index is 3.78. The van der Waals surface area contributed by atoms with Crippen molar-refractivity contribution in [1.29, 1.82) is 0 Å². The van der Waals surface area contributed by atoms with Crippen molar-refractivity contribution < 1.29 is 0 Å². The molecule has 1 saturated carbocycles. The third kappa shape index (κ3) is 3.46. The number of benzene rings is 1. The summed E-state index contributed by atoms with van der Waals surface area (Å²) in [4.78, 5) is 0. The van der Waals surface area contributed by atoms with Gasteiger partial charge in [0.25, 0.3) is 0 Å². The largest absolute Gasteiger partial charge is 0.310 e. The average Bonchev–Trinajstić information content (AvgIpc) is 2.48. The van der Waals surface area contributed by atoms with Gasteiger partial charge in [0.05, 0.1) is 0 Å². The van der Waals surface area contributed by atoms with Crippen molar-refractivity contribution in [3.8, 4) is 0 Å². The van der Waals surface area contributed by atoms with Crippen LogP contribution in [0.25, 0.3) is 0 Å². The van der Waals surface area contributed by atoms with E-state index in [4.69, 9.17) is 0 Å². The zero-order valence-electron chi connectivity index (χ0n) is 13.1. The van der Waals surface area contributed by atoms with Crippen LogP contribution >= 0.6 is 15.9 Å². The second-order valence-corrected chi connectivity index (χ2v) is 6.96. The van der Waals surface area contributed by atoms with Gasteiger partial charge in [-0.1, -0.05) is 67.6 Å². The van der Waals surface area contributed by atoms with Gasteiger partial charge in [-0.25, -0.2) is 0 Å². The summed E-state index contributed by atoms with van der Waals surface area (Å²) in [6, 6.07) is 7.16. The van der Waals surface area contributed by atoms with Crippen LogP contribution in [0.2, 0.25) is 0 Å². The Morgan fingerprint density at radius 2 is 2.00 bits per heavy atom. The van der Waals surface area contributed by atoms with Crippen LogP contribution in [-0.2, 0) is 0 Å². The number of nitrogens with one attached hydrogen (secondary N) is 1. The smallest absolute Gasteiger partial charge is 0.0354 e. The van der Waals surface area contributed by atoms with Crippen LogP contribution in [-0.4, -0.2) is 6.54 Å². The second-order valence-electron chi connectivity index (χ2n) is 6.11. The molecule has 2 heteroatoms. The molecule has 0 aliphatic heterocycles. The Kier molecular flexibility index (Phi) is 6.10. The molecule has 1 aliphatic carbocycles. The van der Waals surface area contributed by atoms with Gasteiger partial charge in [-0.2, -0.15) is 0 Å². The van der Waals surface area contributed by atoms with Crippen LogP contribution in [0.15, 0.2) is 22.7 Å². The standard InChI is InChI=1S/C18H28BrN/c1-4-14-9-6-7-10-16(14)18(20-5-2)15-11-8-12-17(19)13(15)3/h8,11-12,14,16,18,20H,4-7,9-10H2,1-3H3. The van der Waals surface area contributed by atoms with Gasteiger partial charge in [0.1, 0.15) is 0 Å². The lowest BCUT2D eigenvalue weighted by molar-refractivity contribution is 0.176. The highest BCUT2D eigenvalue weighted by Crippen LogP contribution is 2.41. The highest BCUT2D eigenvalue weighted by molar-refractivity contribution is 9.10. The summed E-state index contributed by atoms with van der Waals surface area (Å²) in [5, 5.41) is 3.78. The van der Waals surface area contributed by atoms with Crippen LogP contribution < -0.4 is 5.32 Å². The van der Waals surface area contributed by atoms with Gasteiger partial charge < -0.3 is 5.32 Å². The predicted octanol–water partition coefficient (Wildman–Crippen LogP) is 5.62. The molecule has 1 aromatic carbocycles. The topological polar surface area (TPSA) is 12.0 Å². The highest BCUT2D eigenvalue weighted by Gasteiger charge is 2.32. The fourth-order valence-corrected chi connectivity index (χ4v) is 4.24. The third-order valence-electron chi connectivity index (χ3n) is 4.99. The summed E-state index contributed by atoms with van der Waals surface area (Å²) >= 11 is 3.69. The molecule has 1 nitrogen and oxygen atoms in total. The minimum Gasteiger partial charge on any atom is -0.310 e. The average molecular weight is 338 g/mol. The van der Waals surface area contributed by atoms with Crippen molar-refractivity contribution in [2.75, 3.05) is 6.54 Å². The van der Waals surface area contributed by atoms with Gasteiger partial charge in [-0.05, 0) is 48.9 Å². The molecule has 1 aromatic rings. The Bertz CT molecular complexity index is 429. The van der Waals surface area contributed by atoms with E-state index in [1.165, 1.54) is 47.7 Å². The van der Waals surface area contributed by atoms with E-state index >= 15 is 0 Å². The summed E-state index contributed by atoms with van der Waals surface area (Å²) in [5.74, 6) is 1.67. The molecule has 1 N–H and O–H groups in total. The summed E-state index contributed by atoms with van der Waals surface area (Å²) in [5.41, 5.74) is 2.89. The molecule has 0 amide bonds. The van der Waals surface area contributed by atoms with E-state index in [1.807, 2.05) is 0 Å². The van der Waals surface area contributed by atoms with Gasteiger partial charge in [0.15, 0.2) is 0 Å². The van der Waals surface area contributed by atoms with Gasteiger partial charge in [-0.15, -0.1) is 0 Å². The van der Waals surface area contributed by atoms with Crippen molar-refractivity contribution in [3.63, 3.8) is 0 Å². The molecule has 0 radical (unpaired) electrons. The predicted molar refractivity (Wildman–Crippen MR) is 91.0 cm³/mol. The minimum atomic E-state index is 0.516. The van der Waals surface area contributed by atoms with Crippen LogP contribution in [0.4, 0.5) is 0 Å². The molecule has 3 atom stereocenters. The quantitative estimate of drug-likeness (QED) is 0.734. The summed E-state index contributed by atoms with van der Waals surface area (Å²) in [6.07, 6.45) is 6.93. The molecule has 3 unspecified atom stereocenters. The number of rotatable bonds is 5. The van der Waals surface area contributed by atoms with E-state index in [-0.39, 0.29) is 0 Å². The first kappa shape index (κ1) is 16.0. The first-order chi connectivity index (χ1) is 9.69. The Labute approximate surface area is 132 Å². The Morgan fingerprint density at radius 3 is 2.70 bits per heavy atom. The molecular weight excluding hydrogens is 310 g/mol. The lowest BCUT2D eigenvalue weighted by Gasteiger charge is -2.38. The van der Waals surface area contributed by atoms with E-state index < -0.39 is 0 Å². The van der Waals surface area contributed by atoms with Gasteiger partial charge in [0.2, 0.25) is 0 Å². The fourth-order valence-electron chi connectivity index (χ4n) is 3.86. The first-order valence-electron chi connectivity index (χ1n) is 8.17. The Morgan fingerprint density at radius 1 is 1.25 bits per heavy atom. The van der Waals surface area contributed by atoms with Crippen LogP contribution in [0.3, 0.4) is 0 Å². The van der Waals surface area contributed by atoms with Crippen molar-refractivity contribution in [2.24, 2.45) is 11.8 Å². The second kappa shape index (κ2) is 7.61. The maximum atomic E-state index is 3.78. The van der Waals surface area contributed by atoms with Gasteiger partial charge >= 0.3 is 0 Å². The summed E-state index contributed by atoms with van der Waals surface area (Å²) in [7, 11) is 0. The van der Waals surface area contributed by atoms with Crippen LogP contribution in [0.1, 0.15) is 63.1 Å². The normalized spacial score (nSPS) is 24.6. The zero-order valence-corrected chi connectivity index (χ0v) is 14.7. The molecule has 1 aliphatic rings. The number of hydrogen-bond donors (Lipinski definition) is 1. The molecule has 1 fully saturated rings. The lowest BCUT2D eigenvalue weighted by atomic mass is 9.72.